The van der Waals surface area contributed by atoms with Crippen molar-refractivity contribution in [3.05, 3.63) is 70.0 Å². The number of quaternary nitrogens is 1. The van der Waals surface area contributed by atoms with Crippen LogP contribution in [0.1, 0.15) is 26.3 Å². The number of carbonyl (C=O) groups excluding carboxylic acids is 2. The van der Waals surface area contributed by atoms with Gasteiger partial charge in [0.15, 0.2) is 6.67 Å². The Bertz CT molecular complexity index is 739. The van der Waals surface area contributed by atoms with Gasteiger partial charge in [0.2, 0.25) is 0 Å². The summed E-state index contributed by atoms with van der Waals surface area (Å²) in [7, 11) is 1.78. The van der Waals surface area contributed by atoms with Crippen LogP contribution in [0, 0.1) is 5.82 Å². The van der Waals surface area contributed by atoms with E-state index in [1.165, 1.54) is 11.0 Å². The molecule has 0 bridgehead atoms. The summed E-state index contributed by atoms with van der Waals surface area (Å²) in [6.45, 7) is 0.427. The predicted octanol–water partition coefficient (Wildman–Crippen LogP) is 1.75. The molecule has 118 valence electrons. The molecule has 23 heavy (non-hydrogen) atoms. The molecule has 0 spiro atoms. The third-order valence-electron chi connectivity index (χ3n) is 3.85. The molecule has 0 saturated heterocycles. The summed E-state index contributed by atoms with van der Waals surface area (Å²) in [6, 6.07) is 11.2. The first-order chi connectivity index (χ1) is 11.0. The number of hydrogen-bond acceptors (Lipinski definition) is 2. The van der Waals surface area contributed by atoms with Gasteiger partial charge in [-0.2, -0.15) is 0 Å². The van der Waals surface area contributed by atoms with Crippen molar-refractivity contribution in [1.29, 1.82) is 0 Å². The molecule has 1 N–H and O–H groups in total. The van der Waals surface area contributed by atoms with Crippen LogP contribution in [-0.4, -0.2) is 30.4 Å². The van der Waals surface area contributed by atoms with E-state index in [9.17, 15) is 14.0 Å². The monoisotopic (exact) mass is 333 g/mol. The van der Waals surface area contributed by atoms with Gasteiger partial charge in [-0.1, -0.05) is 29.8 Å². The Morgan fingerprint density at radius 3 is 2.22 bits per heavy atom. The fourth-order valence-electron chi connectivity index (χ4n) is 2.71. The highest BCUT2D eigenvalue weighted by Crippen LogP contribution is 2.21. The highest BCUT2D eigenvalue weighted by molar-refractivity contribution is 6.31. The second-order valence-corrected chi connectivity index (χ2v) is 5.98. The molecule has 1 atom stereocenters. The Morgan fingerprint density at radius 1 is 1.04 bits per heavy atom. The maximum Gasteiger partial charge on any atom is 0.265 e. The minimum Gasteiger partial charge on any atom is -0.316 e. The van der Waals surface area contributed by atoms with Crippen LogP contribution < -0.4 is 4.90 Å². The van der Waals surface area contributed by atoms with Gasteiger partial charge in [0, 0.05) is 0 Å². The molecular formula is C17H15ClFN2O2+. The number of nitrogens with zero attached hydrogens (tertiary/aromatic N) is 1. The van der Waals surface area contributed by atoms with E-state index in [0.717, 1.165) is 4.90 Å². The number of fused-ring (bicyclic) bond motifs is 1. The fraction of sp³-hybridized carbons (Fsp3) is 0.176. The molecule has 1 aliphatic rings. The molecule has 0 fully saturated rings. The van der Waals surface area contributed by atoms with Crippen LogP contribution in [0.25, 0.3) is 0 Å². The van der Waals surface area contributed by atoms with E-state index in [1.807, 2.05) is 0 Å². The van der Waals surface area contributed by atoms with Gasteiger partial charge in [0.1, 0.15) is 12.4 Å². The summed E-state index contributed by atoms with van der Waals surface area (Å²) in [5, 5.41) is 0.340. The van der Waals surface area contributed by atoms with Gasteiger partial charge in [-0.15, -0.1) is 0 Å². The van der Waals surface area contributed by atoms with Gasteiger partial charge in [0.05, 0.1) is 28.8 Å². The molecular weight excluding hydrogens is 319 g/mol. The molecule has 6 heteroatoms. The van der Waals surface area contributed by atoms with E-state index in [2.05, 4.69) is 0 Å². The SMILES string of the molecule is C[NH+](Cc1c(F)cccc1Cl)CN1C(=O)c2ccccc2C1=O. The van der Waals surface area contributed by atoms with Crippen molar-refractivity contribution in [2.75, 3.05) is 13.7 Å². The summed E-state index contributed by atoms with van der Waals surface area (Å²) in [6.07, 6.45) is 0. The van der Waals surface area contributed by atoms with Crippen molar-refractivity contribution < 1.29 is 18.9 Å². The first-order valence-electron chi connectivity index (χ1n) is 7.18. The summed E-state index contributed by atoms with van der Waals surface area (Å²) >= 11 is 6.02. The maximum atomic E-state index is 13.8. The lowest BCUT2D eigenvalue weighted by Crippen LogP contribution is -3.09. The zero-order valence-electron chi connectivity index (χ0n) is 12.5. The Morgan fingerprint density at radius 2 is 1.65 bits per heavy atom. The standard InChI is InChI=1S/C17H14ClFN2O2/c1-20(9-13-14(18)7-4-8-15(13)19)10-21-16(22)11-5-2-3-6-12(11)17(21)23/h2-8H,9-10H2,1H3/p+1. The molecule has 0 aromatic heterocycles. The van der Waals surface area contributed by atoms with E-state index >= 15 is 0 Å². The molecule has 0 aliphatic carbocycles. The van der Waals surface area contributed by atoms with E-state index in [0.29, 0.717) is 21.7 Å². The van der Waals surface area contributed by atoms with Crippen molar-refractivity contribution in [1.82, 2.24) is 4.90 Å². The largest absolute Gasteiger partial charge is 0.316 e. The normalized spacial score (nSPS) is 15.0. The lowest BCUT2D eigenvalue weighted by atomic mass is 10.1. The van der Waals surface area contributed by atoms with Crippen molar-refractivity contribution in [3.63, 3.8) is 0 Å². The molecule has 1 aliphatic heterocycles. The number of nitrogens with one attached hydrogen (secondary N) is 1. The highest BCUT2D eigenvalue weighted by atomic mass is 35.5. The number of hydrogen-bond donors (Lipinski definition) is 1. The van der Waals surface area contributed by atoms with Crippen molar-refractivity contribution in [2.24, 2.45) is 0 Å². The Kier molecular flexibility index (Phi) is 4.15. The van der Waals surface area contributed by atoms with Crippen LogP contribution in [0.3, 0.4) is 0 Å². The third kappa shape index (κ3) is 2.85. The number of imide groups is 1. The highest BCUT2D eigenvalue weighted by Gasteiger charge is 2.37. The third-order valence-corrected chi connectivity index (χ3v) is 4.20. The van der Waals surface area contributed by atoms with Crippen LogP contribution in [0.15, 0.2) is 42.5 Å². The number of amides is 2. The molecule has 0 radical (unpaired) electrons. The zero-order chi connectivity index (χ0) is 16.6. The Labute approximate surface area is 138 Å². The van der Waals surface area contributed by atoms with Gasteiger partial charge in [-0.25, -0.2) is 9.29 Å². The van der Waals surface area contributed by atoms with Gasteiger partial charge in [-0.3, -0.25) is 9.59 Å². The maximum absolute atomic E-state index is 13.8. The molecule has 1 unspecified atom stereocenters. The zero-order valence-corrected chi connectivity index (χ0v) is 13.2. The summed E-state index contributed by atoms with van der Waals surface area (Å²) in [4.78, 5) is 26.6. The molecule has 2 amide bonds. The second-order valence-electron chi connectivity index (χ2n) is 5.58. The lowest BCUT2D eigenvalue weighted by molar-refractivity contribution is -0.901. The molecule has 3 rings (SSSR count). The summed E-state index contributed by atoms with van der Waals surface area (Å²) < 4.78 is 13.8. The quantitative estimate of drug-likeness (QED) is 0.866. The average Bonchev–Trinajstić information content (AvgIpc) is 2.77. The number of carbonyl (C=O) groups is 2. The topological polar surface area (TPSA) is 41.8 Å². The molecule has 0 saturated carbocycles. The van der Waals surface area contributed by atoms with Gasteiger partial charge >= 0.3 is 0 Å². The smallest absolute Gasteiger partial charge is 0.265 e. The van der Waals surface area contributed by atoms with Crippen molar-refractivity contribution >= 4 is 23.4 Å². The van der Waals surface area contributed by atoms with Crippen LogP contribution in [-0.2, 0) is 6.54 Å². The van der Waals surface area contributed by atoms with Crippen LogP contribution in [0.2, 0.25) is 5.02 Å². The fourth-order valence-corrected chi connectivity index (χ4v) is 2.94. The van der Waals surface area contributed by atoms with Crippen LogP contribution in [0.5, 0.6) is 0 Å². The molecule has 4 nitrogen and oxygen atoms in total. The molecule has 1 heterocycles. The summed E-state index contributed by atoms with van der Waals surface area (Å²) in [5.74, 6) is -1.02. The van der Waals surface area contributed by atoms with E-state index in [4.69, 9.17) is 11.6 Å². The summed E-state index contributed by atoms with van der Waals surface area (Å²) in [5.41, 5.74) is 1.20. The van der Waals surface area contributed by atoms with Crippen molar-refractivity contribution in [3.8, 4) is 0 Å². The second kappa shape index (κ2) is 6.10. The van der Waals surface area contributed by atoms with Gasteiger partial charge in [-0.05, 0) is 24.3 Å². The predicted molar refractivity (Wildman–Crippen MR) is 83.8 cm³/mol. The molecule has 2 aromatic carbocycles. The van der Waals surface area contributed by atoms with E-state index in [-0.39, 0.29) is 30.8 Å². The van der Waals surface area contributed by atoms with Crippen LogP contribution in [0.4, 0.5) is 4.39 Å². The number of benzene rings is 2. The first-order valence-corrected chi connectivity index (χ1v) is 7.56. The van der Waals surface area contributed by atoms with E-state index < -0.39 is 0 Å². The minimum atomic E-state index is -0.390. The van der Waals surface area contributed by atoms with Crippen molar-refractivity contribution in [2.45, 2.75) is 6.54 Å². The number of rotatable bonds is 4. The first kappa shape index (κ1) is 15.6. The minimum absolute atomic E-state index is 0.150. The van der Waals surface area contributed by atoms with Gasteiger partial charge < -0.3 is 4.90 Å². The number of halogens is 2. The lowest BCUT2D eigenvalue weighted by Gasteiger charge is -2.20. The van der Waals surface area contributed by atoms with Crippen LogP contribution >= 0.6 is 11.6 Å². The Hall–Kier alpha value is -2.24. The average molecular weight is 334 g/mol. The van der Waals surface area contributed by atoms with Gasteiger partial charge in [0.25, 0.3) is 11.8 Å². The van der Waals surface area contributed by atoms with E-state index in [1.54, 1.807) is 43.4 Å². The molecule has 2 aromatic rings. The Balaban J connectivity index is 1.76.